The minimum atomic E-state index is -1.38. The minimum Gasteiger partial charge on any atom is -0.486 e. The van der Waals surface area contributed by atoms with Gasteiger partial charge in [-0.25, -0.2) is 0 Å². The molecular weight excluding hydrogens is 513 g/mol. The molecule has 4 atom stereocenters. The predicted octanol–water partition coefficient (Wildman–Crippen LogP) is 5.94. The number of benzene rings is 3. The van der Waals surface area contributed by atoms with Gasteiger partial charge in [-0.2, -0.15) is 0 Å². The molecule has 3 heterocycles. The predicted molar refractivity (Wildman–Crippen MR) is 142 cm³/mol. The fourth-order valence-corrected chi connectivity index (χ4v) is 7.14. The maximum Gasteiger partial charge on any atom is 0.256 e. The maximum absolute atomic E-state index is 13.6. The van der Waals surface area contributed by atoms with Gasteiger partial charge >= 0.3 is 0 Å². The van der Waals surface area contributed by atoms with Crippen molar-refractivity contribution in [2.24, 2.45) is 0 Å². The molecule has 0 aliphatic carbocycles. The summed E-state index contributed by atoms with van der Waals surface area (Å²) in [5.41, 5.74) is 2.67. The van der Waals surface area contributed by atoms with Gasteiger partial charge in [0.15, 0.2) is 11.3 Å². The number of rotatable bonds is 5. The molecule has 3 aliphatic rings. The highest BCUT2D eigenvalue weighted by Crippen LogP contribution is 2.58. The average molecular weight is 538 g/mol. The van der Waals surface area contributed by atoms with Gasteiger partial charge in [-0.15, -0.1) is 0 Å². The summed E-state index contributed by atoms with van der Waals surface area (Å²) >= 11 is 13.3. The maximum atomic E-state index is 13.6. The zero-order valence-corrected chi connectivity index (χ0v) is 21.6. The van der Waals surface area contributed by atoms with E-state index in [9.17, 15) is 14.9 Å². The molecule has 2 fully saturated rings. The lowest BCUT2D eigenvalue weighted by Crippen LogP contribution is -2.55. The van der Waals surface area contributed by atoms with E-state index >= 15 is 0 Å². The second kappa shape index (κ2) is 9.01. The van der Waals surface area contributed by atoms with Crippen molar-refractivity contribution in [3.8, 4) is 5.75 Å². The number of amides is 1. The molecule has 3 aliphatic heterocycles. The van der Waals surface area contributed by atoms with Crippen LogP contribution >= 0.6 is 23.2 Å². The Morgan fingerprint density at radius 2 is 1.84 bits per heavy atom. The third-order valence-corrected chi connectivity index (χ3v) is 8.56. The van der Waals surface area contributed by atoms with Crippen LogP contribution in [0.4, 0.5) is 5.69 Å². The Labute approximate surface area is 224 Å². The molecule has 1 spiro atoms. The van der Waals surface area contributed by atoms with E-state index in [-0.39, 0.29) is 23.5 Å². The van der Waals surface area contributed by atoms with Crippen LogP contribution in [0, 0.1) is 17.0 Å². The van der Waals surface area contributed by atoms with Crippen molar-refractivity contribution in [2.75, 3.05) is 11.9 Å². The Balaban J connectivity index is 1.40. The Morgan fingerprint density at radius 3 is 2.54 bits per heavy atom. The van der Waals surface area contributed by atoms with E-state index < -0.39 is 17.5 Å². The highest BCUT2D eigenvalue weighted by atomic mass is 35.5. The van der Waals surface area contributed by atoms with Gasteiger partial charge in [0, 0.05) is 28.8 Å². The lowest BCUT2D eigenvalue weighted by molar-refractivity contribution is -0.534. The number of hydrogen-bond acceptors (Lipinski definition) is 5. The van der Waals surface area contributed by atoms with E-state index in [1.807, 2.05) is 54.3 Å². The number of fused-ring (bicyclic) bond motifs is 4. The van der Waals surface area contributed by atoms with Crippen LogP contribution < -0.4 is 10.1 Å². The van der Waals surface area contributed by atoms with Gasteiger partial charge in [0.1, 0.15) is 6.61 Å². The molecule has 0 aromatic heterocycles. The van der Waals surface area contributed by atoms with Gasteiger partial charge in [0.2, 0.25) is 0 Å². The summed E-state index contributed by atoms with van der Waals surface area (Å²) in [6.07, 6.45) is 1.59. The SMILES string of the molecule is Cc1ccc(COc2c(Cl)cc([C@H]3[C@H]([N+](=O)[O-])[C@@]4(C(=O)Nc5ccccc54)N4CCC[C@@H]34)cc2Cl)cc1. The molecule has 1 amide bonds. The number of anilines is 1. The number of nitrogens with zero attached hydrogens (tertiary/aromatic N) is 2. The number of ether oxygens (including phenoxy) is 1. The zero-order chi connectivity index (χ0) is 25.9. The lowest BCUT2D eigenvalue weighted by atomic mass is 9.77. The summed E-state index contributed by atoms with van der Waals surface area (Å²) in [5, 5.41) is 16.3. The van der Waals surface area contributed by atoms with Crippen LogP contribution in [-0.2, 0) is 16.9 Å². The second-order valence-corrected chi connectivity index (χ2v) is 10.8. The number of aryl methyl sites for hydroxylation is 1. The van der Waals surface area contributed by atoms with Gasteiger partial charge in [-0.3, -0.25) is 19.8 Å². The largest absolute Gasteiger partial charge is 0.486 e. The molecule has 0 bridgehead atoms. The Morgan fingerprint density at radius 1 is 1.14 bits per heavy atom. The van der Waals surface area contributed by atoms with Crippen molar-refractivity contribution in [1.82, 2.24) is 4.90 Å². The van der Waals surface area contributed by atoms with Gasteiger partial charge < -0.3 is 10.1 Å². The molecule has 0 unspecified atom stereocenters. The molecule has 3 aromatic rings. The van der Waals surface area contributed by atoms with E-state index in [0.29, 0.717) is 39.2 Å². The van der Waals surface area contributed by atoms with Crippen LogP contribution in [0.2, 0.25) is 10.0 Å². The van der Waals surface area contributed by atoms with Crippen LogP contribution in [-0.4, -0.2) is 34.4 Å². The number of hydrogen-bond donors (Lipinski definition) is 1. The van der Waals surface area contributed by atoms with Crippen molar-refractivity contribution in [2.45, 2.75) is 49.9 Å². The quantitative estimate of drug-likeness (QED) is 0.321. The number of carbonyl (C=O) groups excluding carboxylic acids is 1. The standard InChI is InChI=1S/C28H25Cl2N3O4/c1-16-8-10-17(11-9-16)15-37-25-20(29)13-18(14-21(25)30)24-23-7-4-12-32(23)28(26(24)33(35)36)19-5-2-3-6-22(19)31-27(28)34/h2-3,5-6,8-11,13-14,23-24,26H,4,7,12,15H2,1H3,(H,31,34)/t23-,24+,26-,28-/m0/s1. The molecule has 6 rings (SSSR count). The first kappa shape index (κ1) is 24.2. The first-order chi connectivity index (χ1) is 17.8. The molecule has 9 heteroatoms. The fraction of sp³-hybridized carbons (Fsp3) is 0.321. The highest BCUT2D eigenvalue weighted by Gasteiger charge is 2.73. The van der Waals surface area contributed by atoms with E-state index in [2.05, 4.69) is 5.32 Å². The van der Waals surface area contributed by atoms with Crippen molar-refractivity contribution in [1.29, 1.82) is 0 Å². The first-order valence-corrected chi connectivity index (χ1v) is 13.1. The topological polar surface area (TPSA) is 84.7 Å². The number of halogens is 2. The first-order valence-electron chi connectivity index (χ1n) is 12.3. The zero-order valence-electron chi connectivity index (χ0n) is 20.1. The van der Waals surface area contributed by atoms with Crippen LogP contribution in [0.5, 0.6) is 5.75 Å². The van der Waals surface area contributed by atoms with E-state index in [0.717, 1.165) is 24.0 Å². The third kappa shape index (κ3) is 3.63. The minimum absolute atomic E-state index is 0.196. The highest BCUT2D eigenvalue weighted by molar-refractivity contribution is 6.37. The Kier molecular flexibility index (Phi) is 5.90. The van der Waals surface area contributed by atoms with E-state index in [1.165, 1.54) is 0 Å². The summed E-state index contributed by atoms with van der Waals surface area (Å²) in [7, 11) is 0. The van der Waals surface area contributed by atoms with E-state index in [4.69, 9.17) is 27.9 Å². The van der Waals surface area contributed by atoms with Crippen LogP contribution in [0.3, 0.4) is 0 Å². The van der Waals surface area contributed by atoms with Crippen LogP contribution in [0.1, 0.15) is 41.0 Å². The summed E-state index contributed by atoms with van der Waals surface area (Å²) < 4.78 is 5.96. The van der Waals surface area contributed by atoms with Crippen LogP contribution in [0.25, 0.3) is 0 Å². The normalized spacial score (nSPS) is 26.2. The van der Waals surface area contributed by atoms with Crippen molar-refractivity contribution in [3.63, 3.8) is 0 Å². The lowest BCUT2D eigenvalue weighted by Gasteiger charge is -2.32. The number of nitrogens with one attached hydrogen (secondary N) is 1. The van der Waals surface area contributed by atoms with Crippen molar-refractivity contribution in [3.05, 3.63) is 103 Å². The van der Waals surface area contributed by atoms with Crippen LogP contribution in [0.15, 0.2) is 60.7 Å². The summed E-state index contributed by atoms with van der Waals surface area (Å²) in [6, 6.07) is 17.3. The Hall–Kier alpha value is -3.13. The van der Waals surface area contributed by atoms with Gasteiger partial charge in [0.05, 0.1) is 16.0 Å². The summed E-state index contributed by atoms with van der Waals surface area (Å²) in [5.74, 6) is -0.583. The molecule has 1 N–H and O–H groups in total. The van der Waals surface area contributed by atoms with Gasteiger partial charge in [0.25, 0.3) is 11.9 Å². The summed E-state index contributed by atoms with van der Waals surface area (Å²) in [4.78, 5) is 28.1. The van der Waals surface area contributed by atoms with E-state index in [1.54, 1.807) is 18.2 Å². The molecule has 190 valence electrons. The molecule has 2 saturated heterocycles. The van der Waals surface area contributed by atoms with Crippen molar-refractivity contribution >= 4 is 34.8 Å². The number of para-hydroxylation sites is 1. The van der Waals surface area contributed by atoms with Crippen molar-refractivity contribution < 1.29 is 14.5 Å². The third-order valence-electron chi connectivity index (χ3n) is 8.00. The second-order valence-electron chi connectivity index (χ2n) is 10.0. The molecule has 7 nitrogen and oxygen atoms in total. The smallest absolute Gasteiger partial charge is 0.256 e. The number of nitro groups is 1. The average Bonchev–Trinajstić information content (AvgIpc) is 3.53. The molecular formula is C28H25Cl2N3O4. The number of carbonyl (C=O) groups is 1. The molecule has 37 heavy (non-hydrogen) atoms. The molecule has 3 aromatic carbocycles. The summed E-state index contributed by atoms with van der Waals surface area (Å²) in [6.45, 7) is 2.91. The monoisotopic (exact) mass is 537 g/mol. The molecule has 0 radical (unpaired) electrons. The van der Waals surface area contributed by atoms with Gasteiger partial charge in [-0.1, -0.05) is 71.2 Å². The van der Waals surface area contributed by atoms with Gasteiger partial charge in [-0.05, 0) is 49.1 Å². The fourth-order valence-electron chi connectivity index (χ4n) is 6.52. The Bertz CT molecular complexity index is 1390. The molecule has 0 saturated carbocycles.